The molecule has 1 N–H and O–H groups in total. The van der Waals surface area contributed by atoms with Gasteiger partial charge in [0.15, 0.2) is 0 Å². The highest BCUT2D eigenvalue weighted by Gasteiger charge is 2.31. The van der Waals surface area contributed by atoms with Gasteiger partial charge in [0, 0.05) is 30.5 Å². The Labute approximate surface area is 113 Å². The third-order valence-electron chi connectivity index (χ3n) is 3.38. The Kier molecular flexibility index (Phi) is 3.85. The highest BCUT2D eigenvalue weighted by atomic mass is 35.5. The molecule has 1 heterocycles. The second-order valence-corrected chi connectivity index (χ2v) is 5.78. The zero-order chi connectivity index (χ0) is 13.3. The monoisotopic (exact) mass is 270 g/mol. The van der Waals surface area contributed by atoms with Crippen LogP contribution in [0.2, 0.25) is 5.02 Å². The third kappa shape index (κ3) is 2.97. The Bertz CT molecular complexity index is 431. The molecule has 1 unspecified atom stereocenters. The van der Waals surface area contributed by atoms with E-state index in [2.05, 4.69) is 0 Å². The Morgan fingerprint density at radius 1 is 1.50 bits per heavy atom. The fraction of sp³-hybridized carbons (Fsp3) is 0.571. The largest absolute Gasteiger partial charge is 0.490 e. The lowest BCUT2D eigenvalue weighted by molar-refractivity contribution is -0.0311. The molecule has 0 spiro atoms. The number of ether oxygens (including phenoxy) is 2. The van der Waals surface area contributed by atoms with Crippen LogP contribution in [-0.4, -0.2) is 23.9 Å². The summed E-state index contributed by atoms with van der Waals surface area (Å²) in [5.41, 5.74) is 0.517. The zero-order valence-corrected chi connectivity index (χ0v) is 11.7. The summed E-state index contributed by atoms with van der Waals surface area (Å²) < 4.78 is 11.3. The number of aliphatic hydroxyl groups is 1. The second-order valence-electron chi connectivity index (χ2n) is 5.34. The first kappa shape index (κ1) is 13.7. The van der Waals surface area contributed by atoms with Crippen LogP contribution in [0.25, 0.3) is 0 Å². The van der Waals surface area contributed by atoms with E-state index in [-0.39, 0.29) is 11.7 Å². The number of hydrogen-bond donors (Lipinski definition) is 1. The zero-order valence-electron chi connectivity index (χ0n) is 10.9. The molecule has 2 rings (SSSR count). The Hall–Kier alpha value is -0.770. The molecule has 0 amide bonds. The summed E-state index contributed by atoms with van der Waals surface area (Å²) in [5, 5.41) is 10.8. The lowest BCUT2D eigenvalue weighted by Gasteiger charge is -2.34. The summed E-state index contributed by atoms with van der Waals surface area (Å²) in [5.74, 6) is 0.718. The Balaban J connectivity index is 2.16. The smallest absolute Gasteiger partial charge is 0.125 e. The molecule has 4 heteroatoms. The van der Waals surface area contributed by atoms with Gasteiger partial charge in [-0.15, -0.1) is 0 Å². The van der Waals surface area contributed by atoms with Crippen molar-refractivity contribution in [2.75, 3.05) is 7.11 Å². The summed E-state index contributed by atoms with van der Waals surface area (Å²) in [6, 6.07) is 5.35. The quantitative estimate of drug-likeness (QED) is 0.916. The standard InChI is InChI=1S/C14H19ClO3/c1-14(2,17-3)8-10-7-12(16)11-6-9(15)4-5-13(11)18-10/h4-6,10,12,16H,7-8H2,1-3H3/t10?,12-/m1/s1. The van der Waals surface area contributed by atoms with Crippen molar-refractivity contribution in [3.05, 3.63) is 28.8 Å². The first-order chi connectivity index (χ1) is 8.41. The van der Waals surface area contributed by atoms with Crippen molar-refractivity contribution in [1.29, 1.82) is 0 Å². The SMILES string of the molecule is COC(C)(C)CC1C[C@@H](O)c2cc(Cl)ccc2O1. The topological polar surface area (TPSA) is 38.7 Å². The average molecular weight is 271 g/mol. The highest BCUT2D eigenvalue weighted by Crippen LogP contribution is 2.38. The first-order valence-corrected chi connectivity index (χ1v) is 6.48. The third-order valence-corrected chi connectivity index (χ3v) is 3.62. The average Bonchev–Trinajstić information content (AvgIpc) is 2.30. The Morgan fingerprint density at radius 3 is 2.89 bits per heavy atom. The maximum Gasteiger partial charge on any atom is 0.125 e. The molecule has 0 aliphatic carbocycles. The van der Waals surface area contributed by atoms with Crippen molar-refractivity contribution in [3.63, 3.8) is 0 Å². The van der Waals surface area contributed by atoms with Gasteiger partial charge in [-0.3, -0.25) is 0 Å². The van der Waals surface area contributed by atoms with Crippen molar-refractivity contribution >= 4 is 11.6 Å². The minimum atomic E-state index is -0.523. The summed E-state index contributed by atoms with van der Waals surface area (Å²) in [4.78, 5) is 0. The lowest BCUT2D eigenvalue weighted by atomic mass is 9.92. The molecule has 0 aromatic heterocycles. The van der Waals surface area contributed by atoms with E-state index in [1.807, 2.05) is 19.9 Å². The maximum absolute atomic E-state index is 10.1. The molecule has 1 aliphatic heterocycles. The molecule has 0 saturated carbocycles. The normalized spacial score (nSPS) is 23.4. The predicted molar refractivity (Wildman–Crippen MR) is 71.1 cm³/mol. The first-order valence-electron chi connectivity index (χ1n) is 6.10. The summed E-state index contributed by atoms with van der Waals surface area (Å²) >= 11 is 5.92. The van der Waals surface area contributed by atoms with Gasteiger partial charge in [-0.05, 0) is 32.0 Å². The van der Waals surface area contributed by atoms with Gasteiger partial charge in [0.05, 0.1) is 11.7 Å². The van der Waals surface area contributed by atoms with Gasteiger partial charge >= 0.3 is 0 Å². The van der Waals surface area contributed by atoms with E-state index < -0.39 is 6.10 Å². The molecule has 0 radical (unpaired) electrons. The highest BCUT2D eigenvalue weighted by molar-refractivity contribution is 6.30. The number of hydrogen-bond acceptors (Lipinski definition) is 3. The fourth-order valence-corrected chi connectivity index (χ4v) is 2.43. The molecule has 0 bridgehead atoms. The number of fused-ring (bicyclic) bond motifs is 1. The predicted octanol–water partition coefficient (Wildman–Crippen LogP) is 3.34. The number of methoxy groups -OCH3 is 1. The molecule has 3 nitrogen and oxygen atoms in total. The van der Waals surface area contributed by atoms with E-state index in [1.54, 1.807) is 19.2 Å². The van der Waals surface area contributed by atoms with Gasteiger partial charge < -0.3 is 14.6 Å². The summed E-state index contributed by atoms with van der Waals surface area (Å²) in [6.45, 7) is 4.03. The summed E-state index contributed by atoms with van der Waals surface area (Å²) in [7, 11) is 1.69. The van der Waals surface area contributed by atoms with Crippen LogP contribution >= 0.6 is 11.6 Å². The van der Waals surface area contributed by atoms with Crippen LogP contribution in [0.3, 0.4) is 0 Å². The van der Waals surface area contributed by atoms with E-state index in [0.29, 0.717) is 11.4 Å². The number of rotatable bonds is 3. The van der Waals surface area contributed by atoms with Crippen LogP contribution in [-0.2, 0) is 4.74 Å². The van der Waals surface area contributed by atoms with E-state index >= 15 is 0 Å². The Morgan fingerprint density at radius 2 is 2.22 bits per heavy atom. The van der Waals surface area contributed by atoms with Gasteiger partial charge in [-0.25, -0.2) is 0 Å². The lowest BCUT2D eigenvalue weighted by Crippen LogP contribution is -2.35. The molecule has 1 aliphatic rings. The van der Waals surface area contributed by atoms with Crippen LogP contribution in [0.4, 0.5) is 0 Å². The number of halogens is 1. The molecular weight excluding hydrogens is 252 g/mol. The van der Waals surface area contributed by atoms with Crippen LogP contribution in [0.1, 0.15) is 38.4 Å². The van der Waals surface area contributed by atoms with E-state index in [4.69, 9.17) is 21.1 Å². The van der Waals surface area contributed by atoms with Crippen molar-refractivity contribution in [2.24, 2.45) is 0 Å². The minimum absolute atomic E-state index is 0.0383. The van der Waals surface area contributed by atoms with Crippen LogP contribution in [0.5, 0.6) is 5.75 Å². The van der Waals surface area contributed by atoms with Gasteiger partial charge in [0.1, 0.15) is 11.9 Å². The van der Waals surface area contributed by atoms with E-state index in [0.717, 1.165) is 17.7 Å². The number of benzene rings is 1. The van der Waals surface area contributed by atoms with Gasteiger partial charge in [0.25, 0.3) is 0 Å². The van der Waals surface area contributed by atoms with Crippen molar-refractivity contribution in [2.45, 2.75) is 44.5 Å². The molecule has 2 atom stereocenters. The van der Waals surface area contributed by atoms with Gasteiger partial charge in [-0.2, -0.15) is 0 Å². The maximum atomic E-state index is 10.1. The van der Waals surface area contributed by atoms with Crippen molar-refractivity contribution < 1.29 is 14.6 Å². The summed E-state index contributed by atoms with van der Waals surface area (Å²) in [6.07, 6.45) is 0.747. The molecule has 0 saturated heterocycles. The van der Waals surface area contributed by atoms with Crippen molar-refractivity contribution in [1.82, 2.24) is 0 Å². The van der Waals surface area contributed by atoms with Crippen LogP contribution < -0.4 is 4.74 Å². The molecule has 18 heavy (non-hydrogen) atoms. The molecular formula is C14H19ClO3. The molecule has 1 aromatic rings. The minimum Gasteiger partial charge on any atom is -0.490 e. The van der Waals surface area contributed by atoms with Gasteiger partial charge in [-0.1, -0.05) is 11.6 Å². The fourth-order valence-electron chi connectivity index (χ4n) is 2.25. The molecule has 0 fully saturated rings. The molecule has 1 aromatic carbocycles. The van der Waals surface area contributed by atoms with Crippen LogP contribution in [0.15, 0.2) is 18.2 Å². The van der Waals surface area contributed by atoms with Gasteiger partial charge in [0.2, 0.25) is 0 Å². The van der Waals surface area contributed by atoms with E-state index in [9.17, 15) is 5.11 Å². The number of aliphatic hydroxyl groups excluding tert-OH is 1. The van der Waals surface area contributed by atoms with Crippen molar-refractivity contribution in [3.8, 4) is 5.75 Å². The van der Waals surface area contributed by atoms with E-state index in [1.165, 1.54) is 0 Å². The molecule has 100 valence electrons. The van der Waals surface area contributed by atoms with Crippen LogP contribution in [0, 0.1) is 0 Å². The second kappa shape index (κ2) is 5.08.